The fourth-order valence-corrected chi connectivity index (χ4v) is 1.71. The molecule has 1 aliphatic rings. The van der Waals surface area contributed by atoms with Gasteiger partial charge in [-0.15, -0.1) is 0 Å². The fourth-order valence-electron chi connectivity index (χ4n) is 0.610. The molecule has 1 N–H and O–H groups in total. The molecule has 1 rings (SSSR count). The first-order chi connectivity index (χ1) is 5.11. The van der Waals surface area contributed by atoms with Crippen LogP contribution in [-0.2, 0) is 10.9 Å². The van der Waals surface area contributed by atoms with Crippen molar-refractivity contribution in [1.82, 2.24) is 4.90 Å². The summed E-state index contributed by atoms with van der Waals surface area (Å²) in [7, 11) is -0.988. The molecule has 0 saturated carbocycles. The van der Waals surface area contributed by atoms with Gasteiger partial charge in [0.05, 0.1) is 6.20 Å². The van der Waals surface area contributed by atoms with E-state index in [-0.39, 0.29) is 5.88 Å². The van der Waals surface area contributed by atoms with Crippen LogP contribution in [0.2, 0.25) is 0 Å². The number of nitrogens with zero attached hydrogens (tertiary/aromatic N) is 1. The minimum atomic E-state index is -1.36. The van der Waals surface area contributed by atoms with Gasteiger partial charge in [-0.1, -0.05) is 0 Å². The van der Waals surface area contributed by atoms with E-state index in [0.29, 0.717) is 0 Å². The van der Waals surface area contributed by atoms with Gasteiger partial charge in [0.25, 0.3) is 0 Å². The van der Waals surface area contributed by atoms with Crippen LogP contribution in [0.15, 0.2) is 11.6 Å². The Morgan fingerprint density at radius 2 is 2.27 bits per heavy atom. The van der Waals surface area contributed by atoms with Crippen LogP contribution in [0.4, 0.5) is 9.59 Å². The molecule has 0 fully saturated rings. The monoisotopic (exact) mass is 175 g/mol. The Bertz CT molecular complexity index is 205. The number of hydrogen-bond donors (Lipinski definition) is 1. The largest absolute Gasteiger partial charge is 0.530 e. The zero-order valence-electron chi connectivity index (χ0n) is 5.39. The van der Waals surface area contributed by atoms with E-state index < -0.39 is 22.3 Å². The Hall–Kier alpha value is -1.17. The second-order valence-electron chi connectivity index (χ2n) is 1.84. The van der Waals surface area contributed by atoms with Gasteiger partial charge in [0, 0.05) is 0 Å². The lowest BCUT2D eigenvalue weighted by Crippen LogP contribution is -2.38. The summed E-state index contributed by atoms with van der Waals surface area (Å²) in [4.78, 5) is 21.3. The third-order valence-corrected chi connectivity index (χ3v) is 2.60. The molecule has 0 spiro atoms. The molecule has 1 atom stereocenters. The molecular weight excluding hydrogens is 170 g/mol. The highest BCUT2D eigenvalue weighted by Crippen LogP contribution is 2.12. The first-order valence-electron chi connectivity index (χ1n) is 2.70. The van der Waals surface area contributed by atoms with E-state index in [1.165, 1.54) is 11.6 Å². The molecule has 1 unspecified atom stereocenters. The van der Waals surface area contributed by atoms with E-state index in [1.807, 2.05) is 0 Å². The molecule has 1 heterocycles. The topological polar surface area (TPSA) is 80.7 Å². The summed E-state index contributed by atoms with van der Waals surface area (Å²) in [5, 5.41) is 18.9. The minimum absolute atomic E-state index is 0.0162. The van der Waals surface area contributed by atoms with Crippen molar-refractivity contribution in [3.63, 3.8) is 0 Å². The van der Waals surface area contributed by atoms with Crippen LogP contribution >= 0.6 is 0 Å². The maximum Gasteiger partial charge on any atom is 0.530 e. The first-order valence-corrected chi connectivity index (χ1v) is 4.15. The van der Waals surface area contributed by atoms with Crippen molar-refractivity contribution < 1.29 is 19.8 Å². The Labute approximate surface area is 65.3 Å². The Kier molecular flexibility index (Phi) is 2.04. The third-order valence-electron chi connectivity index (χ3n) is 1.14. The van der Waals surface area contributed by atoms with Crippen molar-refractivity contribution in [2.45, 2.75) is 0 Å². The normalized spacial score (nSPS) is 22.2. The second-order valence-corrected chi connectivity index (χ2v) is 3.58. The van der Waals surface area contributed by atoms with E-state index >= 15 is 0 Å². The molecule has 0 radical (unpaired) electrons. The predicted octanol–water partition coefficient (Wildman–Crippen LogP) is -0.630. The van der Waals surface area contributed by atoms with Crippen molar-refractivity contribution >= 4 is 22.3 Å². The summed E-state index contributed by atoms with van der Waals surface area (Å²) in [5.74, 6) is -0.0162. The molecule has 60 valence electrons. The van der Waals surface area contributed by atoms with Gasteiger partial charge in [-0.3, -0.25) is 4.90 Å². The van der Waals surface area contributed by atoms with Gasteiger partial charge in [-0.2, -0.15) is 4.79 Å². The summed E-state index contributed by atoms with van der Waals surface area (Å²) < 4.78 is 0. The van der Waals surface area contributed by atoms with Gasteiger partial charge in [0.15, 0.2) is 10.9 Å². The maximum absolute atomic E-state index is 10.3. The zero-order chi connectivity index (χ0) is 8.43. The first kappa shape index (κ1) is 7.93. The van der Waals surface area contributed by atoms with Gasteiger partial charge in [-0.25, -0.2) is 0 Å². The van der Waals surface area contributed by atoms with Crippen LogP contribution in [-0.4, -0.2) is 27.3 Å². The molecule has 0 aromatic carbocycles. The van der Waals surface area contributed by atoms with E-state index in [9.17, 15) is 14.7 Å². The molecule has 0 aromatic heterocycles. The predicted molar refractivity (Wildman–Crippen MR) is 36.6 cm³/mol. The summed E-state index contributed by atoms with van der Waals surface area (Å²) in [6, 6.07) is 0. The van der Waals surface area contributed by atoms with Crippen LogP contribution in [0, 0.1) is 0 Å². The average Bonchev–Trinajstić information content (AvgIpc) is 2.33. The SMILES string of the molecule is O=C([O-])N1C=C[S+](C(=O)O)C1. The van der Waals surface area contributed by atoms with Crippen LogP contribution in [0.1, 0.15) is 0 Å². The summed E-state index contributed by atoms with van der Waals surface area (Å²) >= 11 is 0. The van der Waals surface area contributed by atoms with Gasteiger partial charge >= 0.3 is 5.30 Å². The van der Waals surface area contributed by atoms with Crippen LogP contribution in [0.25, 0.3) is 0 Å². The van der Waals surface area contributed by atoms with Crippen molar-refractivity contribution in [2.75, 3.05) is 5.88 Å². The Morgan fingerprint density at radius 1 is 1.64 bits per heavy atom. The average molecular weight is 175 g/mol. The Balaban J connectivity index is 2.56. The van der Waals surface area contributed by atoms with Crippen LogP contribution < -0.4 is 5.11 Å². The van der Waals surface area contributed by atoms with E-state index in [4.69, 9.17) is 5.11 Å². The third kappa shape index (κ3) is 1.64. The molecule has 0 aliphatic carbocycles. The van der Waals surface area contributed by atoms with Gasteiger partial charge < -0.3 is 15.0 Å². The number of amides is 1. The molecule has 5 nitrogen and oxygen atoms in total. The number of carbonyl (C=O) groups is 2. The van der Waals surface area contributed by atoms with Crippen molar-refractivity contribution in [1.29, 1.82) is 0 Å². The Morgan fingerprint density at radius 3 is 2.55 bits per heavy atom. The lowest BCUT2D eigenvalue weighted by molar-refractivity contribution is -0.261. The van der Waals surface area contributed by atoms with Crippen LogP contribution in [0.3, 0.4) is 0 Å². The van der Waals surface area contributed by atoms with E-state index in [2.05, 4.69) is 0 Å². The fraction of sp³-hybridized carbons (Fsp3) is 0.200. The quantitative estimate of drug-likeness (QED) is 0.497. The number of hydrogen-bond acceptors (Lipinski definition) is 3. The van der Waals surface area contributed by atoms with E-state index in [1.54, 1.807) is 0 Å². The van der Waals surface area contributed by atoms with Crippen molar-refractivity contribution in [2.24, 2.45) is 0 Å². The maximum atomic E-state index is 10.3. The van der Waals surface area contributed by atoms with Gasteiger partial charge in [0.1, 0.15) is 11.5 Å². The summed E-state index contributed by atoms with van der Waals surface area (Å²) in [5.41, 5.74) is 0. The van der Waals surface area contributed by atoms with Gasteiger partial charge in [-0.05, 0) is 0 Å². The molecule has 1 amide bonds. The minimum Gasteiger partial charge on any atom is -0.529 e. The van der Waals surface area contributed by atoms with E-state index in [0.717, 1.165) is 4.90 Å². The van der Waals surface area contributed by atoms with Crippen molar-refractivity contribution in [3.8, 4) is 0 Å². The van der Waals surface area contributed by atoms with Crippen LogP contribution in [0.5, 0.6) is 0 Å². The summed E-state index contributed by atoms with van der Waals surface area (Å²) in [6.45, 7) is 0. The van der Waals surface area contributed by atoms with Gasteiger partial charge in [0.2, 0.25) is 5.88 Å². The smallest absolute Gasteiger partial charge is 0.529 e. The lowest BCUT2D eigenvalue weighted by atomic mass is 10.8. The standard InChI is InChI=1S/C5H5NO4S/c7-4(8)6-1-2-11(3-6)5(9)10/h1-2H,3H2,(H-,7,8,9,10). The molecule has 1 aliphatic heterocycles. The highest BCUT2D eigenvalue weighted by atomic mass is 32.2. The highest BCUT2D eigenvalue weighted by molar-refractivity contribution is 8.13. The number of rotatable bonds is 0. The number of carboxylic acid groups (broad SMARTS) is 2. The summed E-state index contributed by atoms with van der Waals surface area (Å²) in [6.07, 6.45) is -0.149. The van der Waals surface area contributed by atoms with Crippen molar-refractivity contribution in [3.05, 3.63) is 11.6 Å². The molecule has 0 saturated heterocycles. The highest BCUT2D eigenvalue weighted by Gasteiger charge is 2.33. The molecular formula is C5H5NO4S. The number of carbonyl (C=O) groups excluding carboxylic acids is 1. The molecule has 0 bridgehead atoms. The lowest BCUT2D eigenvalue weighted by Gasteiger charge is -2.10. The second kappa shape index (κ2) is 2.83. The molecule has 6 heteroatoms. The zero-order valence-corrected chi connectivity index (χ0v) is 6.21. The molecule has 11 heavy (non-hydrogen) atoms. The molecule has 0 aromatic rings.